The van der Waals surface area contributed by atoms with Gasteiger partial charge < -0.3 is 10.2 Å². The molecular weight excluding hydrogens is 477 g/mol. The molecule has 1 saturated carbocycles. The first-order valence-corrected chi connectivity index (χ1v) is 11.9. The second-order valence-corrected chi connectivity index (χ2v) is 10.1. The number of carbonyl (C=O) groups is 1. The highest BCUT2D eigenvalue weighted by Crippen LogP contribution is 2.33. The van der Waals surface area contributed by atoms with Gasteiger partial charge >= 0.3 is 6.18 Å². The van der Waals surface area contributed by atoms with E-state index < -0.39 is 37.5 Å². The third kappa shape index (κ3) is 4.99. The fourth-order valence-corrected chi connectivity index (χ4v) is 5.19. The molecule has 34 heavy (non-hydrogen) atoms. The lowest BCUT2D eigenvalue weighted by Gasteiger charge is -2.35. The van der Waals surface area contributed by atoms with Crippen molar-refractivity contribution in [3.8, 4) is 0 Å². The summed E-state index contributed by atoms with van der Waals surface area (Å²) in [6.45, 7) is 0.0403. The first-order valence-electron chi connectivity index (χ1n) is 10.5. The zero-order valence-corrected chi connectivity index (χ0v) is 18.6. The fraction of sp³-hybridized carbons (Fsp3) is 0.381. The summed E-state index contributed by atoms with van der Waals surface area (Å²) in [6, 6.07) is 7.76. The van der Waals surface area contributed by atoms with Gasteiger partial charge in [0.15, 0.2) is 0 Å². The molecule has 2 aliphatic rings. The van der Waals surface area contributed by atoms with Gasteiger partial charge in [-0.1, -0.05) is 6.07 Å². The van der Waals surface area contributed by atoms with Gasteiger partial charge in [0.1, 0.15) is 5.69 Å². The number of nitrogens with zero attached hydrogens (tertiary/aromatic N) is 3. The zero-order valence-electron chi connectivity index (χ0n) is 17.8. The number of piperazine rings is 1. The molecule has 2 aromatic rings. The number of hydrogen-bond acceptors (Lipinski definition) is 6. The van der Waals surface area contributed by atoms with Gasteiger partial charge in [0, 0.05) is 43.9 Å². The van der Waals surface area contributed by atoms with Gasteiger partial charge in [-0.2, -0.15) is 17.5 Å². The van der Waals surface area contributed by atoms with E-state index in [0.717, 1.165) is 35.3 Å². The quantitative estimate of drug-likeness (QED) is 0.484. The number of benzene rings is 2. The number of rotatable bonds is 6. The molecule has 1 saturated heterocycles. The van der Waals surface area contributed by atoms with Gasteiger partial charge in [-0.15, -0.1) is 0 Å². The highest BCUT2D eigenvalue weighted by atomic mass is 32.2. The van der Waals surface area contributed by atoms with Crippen LogP contribution >= 0.6 is 0 Å². The number of hydrogen-bond donors (Lipinski definition) is 1. The van der Waals surface area contributed by atoms with Crippen molar-refractivity contribution in [1.29, 1.82) is 0 Å². The van der Waals surface area contributed by atoms with Crippen molar-refractivity contribution in [2.24, 2.45) is 0 Å². The van der Waals surface area contributed by atoms with E-state index >= 15 is 0 Å². The molecule has 1 amide bonds. The lowest BCUT2D eigenvalue weighted by Crippen LogP contribution is -2.48. The number of alkyl halides is 3. The number of anilines is 1. The number of amides is 1. The molecule has 0 spiro atoms. The minimum absolute atomic E-state index is 0.0698. The summed E-state index contributed by atoms with van der Waals surface area (Å²) < 4.78 is 65.8. The summed E-state index contributed by atoms with van der Waals surface area (Å²) in [5, 5.41) is 14.4. The van der Waals surface area contributed by atoms with Gasteiger partial charge in [-0.05, 0) is 43.2 Å². The second-order valence-electron chi connectivity index (χ2n) is 8.13. The summed E-state index contributed by atoms with van der Waals surface area (Å²) in [5.41, 5.74) is -0.941. The van der Waals surface area contributed by atoms with Gasteiger partial charge in [0.25, 0.3) is 11.6 Å². The smallest absolute Gasteiger partial charge is 0.363 e. The Hall–Kier alpha value is -3.19. The Labute approximate surface area is 193 Å². The molecule has 182 valence electrons. The van der Waals surface area contributed by atoms with E-state index in [0.29, 0.717) is 6.07 Å². The lowest BCUT2D eigenvalue weighted by molar-refractivity contribution is -0.384. The normalized spacial score (nSPS) is 17.4. The first-order chi connectivity index (χ1) is 16.0. The Morgan fingerprint density at radius 1 is 1.06 bits per heavy atom. The molecular formula is C21H21F3N4O5S. The van der Waals surface area contributed by atoms with Crippen LogP contribution in [0.4, 0.5) is 24.5 Å². The molecule has 0 aromatic heterocycles. The minimum Gasteiger partial charge on any atom is -0.363 e. The SMILES string of the molecule is O=C(NC1CC1)c1ccc(N2CCN(S(=O)(=O)c3cccc(C(F)(F)F)c3)CC2)c([N+](=O)[O-])c1. The molecule has 1 aliphatic heterocycles. The van der Waals surface area contributed by atoms with Crippen molar-refractivity contribution < 1.29 is 31.3 Å². The van der Waals surface area contributed by atoms with Crippen LogP contribution in [0.3, 0.4) is 0 Å². The molecule has 2 fully saturated rings. The molecule has 0 unspecified atom stereocenters. The molecule has 13 heteroatoms. The lowest BCUT2D eigenvalue weighted by atomic mass is 10.1. The average Bonchev–Trinajstić information content (AvgIpc) is 3.62. The summed E-state index contributed by atoms with van der Waals surface area (Å²) in [7, 11) is -4.18. The van der Waals surface area contributed by atoms with Crippen molar-refractivity contribution in [2.45, 2.75) is 30.0 Å². The zero-order chi connectivity index (χ0) is 24.7. The standard InChI is InChI=1S/C21H21F3N4O5S/c22-21(23,24)15-2-1-3-17(13-15)34(32,33)27-10-8-26(9-11-27)18-7-4-14(12-19(18)28(30)31)20(29)25-16-5-6-16/h1-4,7,12-13,16H,5-6,8-11H2,(H,25,29). The largest absolute Gasteiger partial charge is 0.416 e. The van der Waals surface area contributed by atoms with Crippen LogP contribution in [0.5, 0.6) is 0 Å². The van der Waals surface area contributed by atoms with Crippen LogP contribution in [-0.4, -0.2) is 55.8 Å². The maximum atomic E-state index is 13.0. The Morgan fingerprint density at radius 2 is 1.74 bits per heavy atom. The van der Waals surface area contributed by atoms with Crippen LogP contribution in [0.1, 0.15) is 28.8 Å². The third-order valence-corrected chi connectivity index (χ3v) is 7.62. The summed E-state index contributed by atoms with van der Waals surface area (Å²) in [5.74, 6) is -0.394. The van der Waals surface area contributed by atoms with E-state index in [1.54, 1.807) is 4.90 Å². The molecule has 1 N–H and O–H groups in total. The van der Waals surface area contributed by atoms with Crippen molar-refractivity contribution in [3.05, 3.63) is 63.7 Å². The molecule has 4 rings (SSSR count). The van der Waals surface area contributed by atoms with Crippen molar-refractivity contribution in [1.82, 2.24) is 9.62 Å². The first kappa shape index (κ1) is 24.0. The maximum Gasteiger partial charge on any atom is 0.416 e. The fourth-order valence-electron chi connectivity index (χ4n) is 3.73. The van der Waals surface area contributed by atoms with Gasteiger partial charge in [0.2, 0.25) is 10.0 Å². The Balaban J connectivity index is 1.50. The van der Waals surface area contributed by atoms with E-state index in [9.17, 15) is 36.5 Å². The van der Waals surface area contributed by atoms with E-state index in [2.05, 4.69) is 5.32 Å². The van der Waals surface area contributed by atoms with E-state index in [-0.39, 0.29) is 49.2 Å². The number of nitro groups is 1. The van der Waals surface area contributed by atoms with Gasteiger partial charge in [0.05, 0.1) is 15.4 Å². The second kappa shape index (κ2) is 8.87. The molecule has 2 aromatic carbocycles. The predicted octanol–water partition coefficient (Wildman–Crippen LogP) is 3.02. The van der Waals surface area contributed by atoms with Crippen molar-refractivity contribution in [3.63, 3.8) is 0 Å². The third-order valence-electron chi connectivity index (χ3n) is 5.73. The average molecular weight is 498 g/mol. The Morgan fingerprint density at radius 3 is 2.32 bits per heavy atom. The summed E-state index contributed by atoms with van der Waals surface area (Å²) in [4.78, 5) is 24.4. The van der Waals surface area contributed by atoms with Gasteiger partial charge in [-0.3, -0.25) is 14.9 Å². The summed E-state index contributed by atoms with van der Waals surface area (Å²) in [6.07, 6.45) is -2.93. The van der Waals surface area contributed by atoms with Crippen molar-refractivity contribution in [2.75, 3.05) is 31.1 Å². The number of carbonyl (C=O) groups excluding carboxylic acids is 1. The molecule has 0 bridgehead atoms. The molecule has 1 heterocycles. The Kier molecular flexibility index (Phi) is 6.25. The highest BCUT2D eigenvalue weighted by Gasteiger charge is 2.35. The van der Waals surface area contributed by atoms with E-state index in [4.69, 9.17) is 0 Å². The molecule has 9 nitrogen and oxygen atoms in total. The number of halogens is 3. The van der Waals surface area contributed by atoms with Gasteiger partial charge in [-0.25, -0.2) is 8.42 Å². The van der Waals surface area contributed by atoms with Crippen molar-refractivity contribution >= 4 is 27.3 Å². The maximum absolute atomic E-state index is 13.0. The summed E-state index contributed by atoms with van der Waals surface area (Å²) >= 11 is 0. The van der Waals surface area contributed by atoms with Crippen LogP contribution in [0, 0.1) is 10.1 Å². The predicted molar refractivity (Wildman–Crippen MR) is 116 cm³/mol. The molecule has 1 aliphatic carbocycles. The number of nitrogens with one attached hydrogen (secondary N) is 1. The van der Waals surface area contributed by atoms with Crippen LogP contribution in [-0.2, 0) is 16.2 Å². The monoisotopic (exact) mass is 498 g/mol. The number of sulfonamides is 1. The minimum atomic E-state index is -4.68. The highest BCUT2D eigenvalue weighted by molar-refractivity contribution is 7.89. The molecule has 0 radical (unpaired) electrons. The topological polar surface area (TPSA) is 113 Å². The van der Waals surface area contributed by atoms with Crippen LogP contribution in [0.25, 0.3) is 0 Å². The molecule has 0 atom stereocenters. The number of nitro benzene ring substituents is 1. The van der Waals surface area contributed by atoms with E-state index in [1.807, 2.05) is 0 Å². The Bertz CT molecular complexity index is 1220. The van der Waals surface area contributed by atoms with Crippen LogP contribution in [0.15, 0.2) is 47.4 Å². The van der Waals surface area contributed by atoms with Crippen LogP contribution in [0.2, 0.25) is 0 Å². The van der Waals surface area contributed by atoms with E-state index in [1.165, 1.54) is 18.2 Å². The van der Waals surface area contributed by atoms with Crippen LogP contribution < -0.4 is 10.2 Å².